The first-order chi connectivity index (χ1) is 11.2. The highest BCUT2D eigenvalue weighted by Gasteiger charge is 2.37. The molecule has 0 radical (unpaired) electrons. The molecule has 9 heteroatoms. The number of aromatic amines is 1. The first kappa shape index (κ1) is 17.9. The summed E-state index contributed by atoms with van der Waals surface area (Å²) in [5.41, 5.74) is 3.77. The summed E-state index contributed by atoms with van der Waals surface area (Å²) < 4.78 is 39.4. The molecule has 0 atom stereocenters. The van der Waals surface area contributed by atoms with Crippen molar-refractivity contribution in [1.29, 1.82) is 0 Å². The number of nitrogens with two attached hydrogens (primary N) is 1. The van der Waals surface area contributed by atoms with Crippen molar-refractivity contribution >= 4 is 23.4 Å². The van der Waals surface area contributed by atoms with Gasteiger partial charge in [-0.05, 0) is 23.8 Å². The average Bonchev–Trinajstić information content (AvgIpc) is 2.93. The lowest BCUT2D eigenvalue weighted by molar-refractivity contribution is -0.141. The van der Waals surface area contributed by atoms with Gasteiger partial charge in [-0.3, -0.25) is 9.59 Å². The van der Waals surface area contributed by atoms with Crippen molar-refractivity contribution in [3.8, 4) is 11.3 Å². The minimum atomic E-state index is -4.74. The number of carbonyl (C=O) groups excluding carboxylic acids is 2. The number of primary amides is 1. The number of aromatic nitrogens is 1. The summed E-state index contributed by atoms with van der Waals surface area (Å²) in [4.78, 5) is 24.8. The molecule has 128 valence electrons. The van der Waals surface area contributed by atoms with E-state index in [9.17, 15) is 22.8 Å². The van der Waals surface area contributed by atoms with E-state index in [2.05, 4.69) is 10.3 Å². The molecule has 0 saturated heterocycles. The number of hydrogen-bond donors (Lipinski definition) is 3. The lowest BCUT2D eigenvalue weighted by Gasteiger charge is -2.08. The van der Waals surface area contributed by atoms with Crippen LogP contribution in [0.3, 0.4) is 0 Å². The summed E-state index contributed by atoms with van der Waals surface area (Å²) in [7, 11) is 0. The van der Waals surface area contributed by atoms with E-state index >= 15 is 0 Å². The molecule has 0 aliphatic rings. The van der Waals surface area contributed by atoms with Gasteiger partial charge in [0, 0.05) is 23.7 Å². The number of halogens is 4. The number of alkyl halides is 3. The van der Waals surface area contributed by atoms with Crippen molar-refractivity contribution in [3.05, 3.63) is 46.6 Å². The van der Waals surface area contributed by atoms with Gasteiger partial charge in [0.25, 0.3) is 5.91 Å². The lowest BCUT2D eigenvalue weighted by atomic mass is 10.1. The van der Waals surface area contributed by atoms with Crippen LogP contribution in [-0.4, -0.2) is 23.3 Å². The second kappa shape index (κ2) is 6.96. The summed E-state index contributed by atoms with van der Waals surface area (Å²) >= 11 is 5.75. The van der Waals surface area contributed by atoms with Gasteiger partial charge < -0.3 is 16.0 Å². The van der Waals surface area contributed by atoms with Crippen LogP contribution in [0.2, 0.25) is 5.02 Å². The number of amides is 2. The topological polar surface area (TPSA) is 88.0 Å². The predicted octanol–water partition coefficient (Wildman–Crippen LogP) is 2.96. The molecule has 0 saturated carbocycles. The van der Waals surface area contributed by atoms with Crippen LogP contribution in [-0.2, 0) is 11.0 Å². The van der Waals surface area contributed by atoms with Gasteiger partial charge in [0.15, 0.2) is 0 Å². The van der Waals surface area contributed by atoms with Crippen LogP contribution in [0, 0.1) is 0 Å². The van der Waals surface area contributed by atoms with Crippen LogP contribution in [0.1, 0.15) is 22.5 Å². The Labute approximate surface area is 140 Å². The Hall–Kier alpha value is -2.48. The molecule has 0 aliphatic heterocycles. The zero-order valence-corrected chi connectivity index (χ0v) is 13.0. The average molecular weight is 360 g/mol. The van der Waals surface area contributed by atoms with Gasteiger partial charge in [-0.2, -0.15) is 13.2 Å². The van der Waals surface area contributed by atoms with Gasteiger partial charge in [-0.15, -0.1) is 0 Å². The Morgan fingerprint density at radius 3 is 2.38 bits per heavy atom. The molecule has 1 aromatic heterocycles. The highest BCUT2D eigenvalue weighted by atomic mass is 35.5. The number of H-pyrrole nitrogens is 1. The van der Waals surface area contributed by atoms with Gasteiger partial charge in [0.2, 0.25) is 5.91 Å². The van der Waals surface area contributed by atoms with E-state index in [1.54, 1.807) is 0 Å². The van der Waals surface area contributed by atoms with Crippen LogP contribution in [0.4, 0.5) is 13.2 Å². The van der Waals surface area contributed by atoms with E-state index < -0.39 is 29.2 Å². The number of benzene rings is 1. The van der Waals surface area contributed by atoms with E-state index in [-0.39, 0.29) is 18.7 Å². The SMILES string of the molecule is NC(=O)CCNC(=O)c1cc(-c2ccc(Cl)cc2)[nH]c1C(F)(F)F. The smallest absolute Gasteiger partial charge is 0.370 e. The minimum Gasteiger partial charge on any atom is -0.370 e. The van der Waals surface area contributed by atoms with E-state index in [4.69, 9.17) is 17.3 Å². The fourth-order valence-electron chi connectivity index (χ4n) is 2.04. The van der Waals surface area contributed by atoms with Crippen LogP contribution in [0.25, 0.3) is 11.3 Å². The highest BCUT2D eigenvalue weighted by molar-refractivity contribution is 6.30. The molecular formula is C15H13ClF3N3O2. The highest BCUT2D eigenvalue weighted by Crippen LogP contribution is 2.34. The van der Waals surface area contributed by atoms with E-state index in [0.29, 0.717) is 10.6 Å². The molecule has 2 rings (SSSR count). The second-order valence-corrected chi connectivity index (χ2v) is 5.38. The van der Waals surface area contributed by atoms with Crippen LogP contribution < -0.4 is 11.1 Å². The fraction of sp³-hybridized carbons (Fsp3) is 0.200. The third kappa shape index (κ3) is 4.29. The van der Waals surface area contributed by atoms with Crippen molar-refractivity contribution in [3.63, 3.8) is 0 Å². The van der Waals surface area contributed by atoms with Crippen LogP contribution in [0.15, 0.2) is 30.3 Å². The van der Waals surface area contributed by atoms with E-state index in [1.807, 2.05) is 0 Å². The summed E-state index contributed by atoms with van der Waals surface area (Å²) in [6.45, 7) is -0.146. The molecule has 1 heterocycles. The maximum Gasteiger partial charge on any atom is 0.432 e. The largest absolute Gasteiger partial charge is 0.432 e. The molecule has 0 fully saturated rings. The van der Waals surface area contributed by atoms with Crippen LogP contribution in [0.5, 0.6) is 0 Å². The van der Waals surface area contributed by atoms with Gasteiger partial charge in [0.1, 0.15) is 5.69 Å². The standard InChI is InChI=1S/C15H13ClF3N3O2/c16-9-3-1-8(2-4-9)11-7-10(13(22-11)15(17,18)19)14(24)21-6-5-12(20)23/h1-4,7,22H,5-6H2,(H2,20,23)(H,21,24). The molecule has 2 aromatic rings. The summed E-state index contributed by atoms with van der Waals surface area (Å²) in [6, 6.07) is 7.22. The first-order valence-corrected chi connectivity index (χ1v) is 7.19. The molecule has 24 heavy (non-hydrogen) atoms. The molecule has 0 unspecified atom stereocenters. The third-order valence-corrected chi connectivity index (χ3v) is 3.41. The van der Waals surface area contributed by atoms with Crippen molar-refractivity contribution in [2.45, 2.75) is 12.6 Å². The molecule has 0 bridgehead atoms. The quantitative estimate of drug-likeness (QED) is 0.766. The third-order valence-electron chi connectivity index (χ3n) is 3.16. The normalized spacial score (nSPS) is 11.3. The second-order valence-electron chi connectivity index (χ2n) is 4.95. The minimum absolute atomic E-state index is 0.124. The summed E-state index contributed by atoms with van der Waals surface area (Å²) in [6.07, 6.45) is -4.90. The maximum atomic E-state index is 13.1. The van der Waals surface area contributed by atoms with Gasteiger partial charge in [-0.1, -0.05) is 23.7 Å². The zero-order valence-electron chi connectivity index (χ0n) is 12.2. The van der Waals surface area contributed by atoms with E-state index in [0.717, 1.165) is 6.07 Å². The molecule has 0 spiro atoms. The fourth-order valence-corrected chi connectivity index (χ4v) is 2.16. The lowest BCUT2D eigenvalue weighted by Crippen LogP contribution is -2.29. The van der Waals surface area contributed by atoms with Crippen LogP contribution >= 0.6 is 11.6 Å². The Kier molecular flexibility index (Phi) is 5.18. The van der Waals surface area contributed by atoms with Crippen molar-refractivity contribution in [2.75, 3.05) is 6.54 Å². The molecule has 0 aliphatic carbocycles. The molecule has 1 aromatic carbocycles. The Morgan fingerprint density at radius 1 is 1.21 bits per heavy atom. The monoisotopic (exact) mass is 359 g/mol. The molecule has 5 nitrogen and oxygen atoms in total. The Morgan fingerprint density at radius 2 is 1.83 bits per heavy atom. The Balaban J connectivity index is 2.33. The molecule has 4 N–H and O–H groups in total. The number of carbonyl (C=O) groups is 2. The first-order valence-electron chi connectivity index (χ1n) is 6.81. The predicted molar refractivity (Wildman–Crippen MR) is 82.4 cm³/mol. The van der Waals surface area contributed by atoms with Crippen molar-refractivity contribution in [2.24, 2.45) is 5.73 Å². The van der Waals surface area contributed by atoms with Crippen molar-refractivity contribution in [1.82, 2.24) is 10.3 Å². The number of nitrogens with one attached hydrogen (secondary N) is 2. The van der Waals surface area contributed by atoms with Gasteiger partial charge >= 0.3 is 6.18 Å². The number of hydrogen-bond acceptors (Lipinski definition) is 2. The van der Waals surface area contributed by atoms with E-state index in [1.165, 1.54) is 24.3 Å². The number of rotatable bonds is 5. The molecule has 2 amide bonds. The van der Waals surface area contributed by atoms with Gasteiger partial charge in [-0.25, -0.2) is 0 Å². The molecular weight excluding hydrogens is 347 g/mol. The van der Waals surface area contributed by atoms with Crippen molar-refractivity contribution < 1.29 is 22.8 Å². The Bertz CT molecular complexity index is 754. The summed E-state index contributed by atoms with van der Waals surface area (Å²) in [5.74, 6) is -1.61. The van der Waals surface area contributed by atoms with Gasteiger partial charge in [0.05, 0.1) is 5.56 Å². The zero-order chi connectivity index (χ0) is 17.9. The maximum absolute atomic E-state index is 13.1. The summed E-state index contributed by atoms with van der Waals surface area (Å²) in [5, 5.41) is 2.67.